The molecule has 0 bridgehead atoms. The minimum Gasteiger partial charge on any atom is -0.491 e. The standard InChI is InChI=1S/C38H36ClF3N4O5S/c1-21-17-28(35-34(43-21)30(20-52-35)37(48)49)27-18-24(39)7-10-32(27)50-16-15-46-22(2)44-31-9-8-25(19-29(31)36(46)47)45-13-11-23(12-14-45)26-5-3-4-6-33(26)51-38(40,41)42/h3-7,10,17-18,20,23,25H,8-9,11-16,19H2,1-2H3,(H,48,49)/t25-/m1/s1. The lowest BCUT2D eigenvalue weighted by Gasteiger charge is -2.39. The Bertz CT molecular complexity index is 2210. The van der Waals surface area contributed by atoms with Crippen LogP contribution in [0.3, 0.4) is 0 Å². The number of hydrogen-bond acceptors (Lipinski definition) is 8. The van der Waals surface area contributed by atoms with Gasteiger partial charge in [0.15, 0.2) is 0 Å². The number of hydrogen-bond donors (Lipinski definition) is 1. The van der Waals surface area contributed by atoms with Crippen LogP contribution in [0.5, 0.6) is 11.5 Å². The van der Waals surface area contributed by atoms with Gasteiger partial charge in [-0.05, 0) is 101 Å². The fourth-order valence-electron chi connectivity index (χ4n) is 7.57. The number of aryl methyl sites for hydroxylation is 3. The summed E-state index contributed by atoms with van der Waals surface area (Å²) in [6.07, 6.45) is -1.28. The predicted molar refractivity (Wildman–Crippen MR) is 193 cm³/mol. The van der Waals surface area contributed by atoms with E-state index in [-0.39, 0.29) is 42.0 Å². The molecule has 1 saturated heterocycles. The molecule has 52 heavy (non-hydrogen) atoms. The molecule has 1 aliphatic heterocycles. The Labute approximate surface area is 306 Å². The van der Waals surface area contributed by atoms with Gasteiger partial charge in [-0.25, -0.2) is 9.78 Å². The Morgan fingerprint density at radius 2 is 1.81 bits per heavy atom. The summed E-state index contributed by atoms with van der Waals surface area (Å²) in [5.74, 6) is -0.0918. The van der Waals surface area contributed by atoms with E-state index in [2.05, 4.69) is 14.6 Å². The van der Waals surface area contributed by atoms with Crippen LogP contribution in [0, 0.1) is 13.8 Å². The molecule has 0 unspecified atom stereocenters. The van der Waals surface area contributed by atoms with Gasteiger partial charge in [-0.1, -0.05) is 29.8 Å². The van der Waals surface area contributed by atoms with Crippen LogP contribution in [0.15, 0.2) is 58.7 Å². The smallest absolute Gasteiger partial charge is 0.491 e. The number of aromatic nitrogens is 3. The number of carbonyl (C=O) groups is 1. The third-order valence-electron chi connectivity index (χ3n) is 10.0. The Hall–Kier alpha value is -4.46. The summed E-state index contributed by atoms with van der Waals surface area (Å²) in [7, 11) is 0. The highest BCUT2D eigenvalue weighted by atomic mass is 35.5. The van der Waals surface area contributed by atoms with Crippen molar-refractivity contribution in [2.45, 2.75) is 70.8 Å². The Morgan fingerprint density at radius 3 is 2.56 bits per heavy atom. The molecule has 0 spiro atoms. The van der Waals surface area contributed by atoms with Gasteiger partial charge >= 0.3 is 12.3 Å². The highest BCUT2D eigenvalue weighted by Crippen LogP contribution is 2.41. The van der Waals surface area contributed by atoms with Crippen molar-refractivity contribution in [1.82, 2.24) is 19.4 Å². The lowest BCUT2D eigenvalue weighted by Crippen LogP contribution is -2.46. The van der Waals surface area contributed by atoms with Crippen molar-refractivity contribution >= 4 is 39.1 Å². The van der Waals surface area contributed by atoms with Gasteiger partial charge in [-0.15, -0.1) is 24.5 Å². The molecule has 5 aromatic rings. The lowest BCUT2D eigenvalue weighted by atomic mass is 9.85. The average molecular weight is 753 g/mol. The van der Waals surface area contributed by atoms with E-state index >= 15 is 0 Å². The maximum Gasteiger partial charge on any atom is 0.573 e. The molecule has 1 aliphatic carbocycles. The van der Waals surface area contributed by atoms with Gasteiger partial charge in [0.25, 0.3) is 5.56 Å². The van der Waals surface area contributed by atoms with E-state index in [1.165, 1.54) is 17.4 Å². The second-order valence-corrected chi connectivity index (χ2v) is 14.6. The number of ether oxygens (including phenoxy) is 2. The molecule has 272 valence electrons. The minimum absolute atomic E-state index is 0.0467. The third-order valence-corrected chi connectivity index (χ3v) is 11.2. The molecule has 0 radical (unpaired) electrons. The SMILES string of the molecule is Cc1cc(-c2cc(Cl)ccc2OCCn2c(C)nc3c(c2=O)C[C@H](N2CCC(c4ccccc4OC(F)(F)F)CC2)CC3)c2scc(C(=O)O)c2n1. The van der Waals surface area contributed by atoms with Crippen LogP contribution in [0.4, 0.5) is 13.2 Å². The fraction of sp³-hybridized carbons (Fsp3) is 0.368. The van der Waals surface area contributed by atoms with Crippen LogP contribution in [0.2, 0.25) is 5.02 Å². The van der Waals surface area contributed by atoms with Crippen LogP contribution < -0.4 is 15.0 Å². The molecule has 0 amide bonds. The summed E-state index contributed by atoms with van der Waals surface area (Å²) < 4.78 is 52.1. The van der Waals surface area contributed by atoms with Crippen molar-refractivity contribution < 1.29 is 32.5 Å². The second-order valence-electron chi connectivity index (χ2n) is 13.3. The molecule has 9 nitrogen and oxygen atoms in total. The zero-order valence-corrected chi connectivity index (χ0v) is 30.1. The summed E-state index contributed by atoms with van der Waals surface area (Å²) >= 11 is 7.72. The first kappa shape index (κ1) is 35.9. The zero-order valence-electron chi connectivity index (χ0n) is 28.5. The number of halogens is 4. The van der Waals surface area contributed by atoms with Crippen LogP contribution in [0.1, 0.15) is 63.9 Å². The first-order chi connectivity index (χ1) is 24.9. The Balaban J connectivity index is 1.05. The monoisotopic (exact) mass is 752 g/mol. The topological polar surface area (TPSA) is 107 Å². The van der Waals surface area contributed by atoms with Crippen molar-refractivity contribution in [1.29, 1.82) is 0 Å². The first-order valence-electron chi connectivity index (χ1n) is 17.1. The largest absolute Gasteiger partial charge is 0.573 e. The summed E-state index contributed by atoms with van der Waals surface area (Å²) in [6, 6.07) is 13.7. The summed E-state index contributed by atoms with van der Waals surface area (Å²) in [5, 5.41) is 11.8. The van der Waals surface area contributed by atoms with Crippen LogP contribution in [0.25, 0.3) is 21.3 Å². The number of thiophene rings is 1. The van der Waals surface area contributed by atoms with E-state index < -0.39 is 12.3 Å². The molecule has 2 aliphatic rings. The quantitative estimate of drug-likeness (QED) is 0.161. The van der Waals surface area contributed by atoms with Gasteiger partial charge in [0.1, 0.15) is 23.9 Å². The average Bonchev–Trinajstić information content (AvgIpc) is 3.54. The van der Waals surface area contributed by atoms with Gasteiger partial charge in [-0.3, -0.25) is 19.2 Å². The molecule has 14 heteroatoms. The normalized spacial score (nSPS) is 16.9. The summed E-state index contributed by atoms with van der Waals surface area (Å²) in [6.45, 7) is 5.48. The zero-order chi connectivity index (χ0) is 36.7. The minimum atomic E-state index is -4.75. The van der Waals surface area contributed by atoms with E-state index in [9.17, 15) is 27.9 Å². The first-order valence-corrected chi connectivity index (χ1v) is 18.3. The number of aromatic carboxylic acids is 1. The Morgan fingerprint density at radius 1 is 1.04 bits per heavy atom. The molecule has 3 aromatic heterocycles. The van der Waals surface area contributed by atoms with E-state index in [1.807, 2.05) is 13.0 Å². The van der Waals surface area contributed by atoms with Crippen LogP contribution in [-0.2, 0) is 19.4 Å². The number of piperidine rings is 1. The maximum atomic E-state index is 13.9. The molecular weight excluding hydrogens is 717 g/mol. The summed E-state index contributed by atoms with van der Waals surface area (Å²) in [5.41, 5.74) is 4.65. The van der Waals surface area contributed by atoms with Crippen molar-refractivity contribution in [3.05, 3.63) is 103 Å². The van der Waals surface area contributed by atoms with Crippen molar-refractivity contribution in [3.63, 3.8) is 0 Å². The fourth-order valence-corrected chi connectivity index (χ4v) is 8.75. The second kappa shape index (κ2) is 14.5. The number of likely N-dealkylation sites (tertiary alicyclic amines) is 1. The molecule has 4 heterocycles. The number of alkyl halides is 3. The van der Waals surface area contributed by atoms with Gasteiger partial charge in [0, 0.05) is 38.8 Å². The maximum absolute atomic E-state index is 13.9. The molecule has 1 atom stereocenters. The number of pyridine rings is 1. The van der Waals surface area contributed by atoms with Crippen LogP contribution in [-0.4, -0.2) is 62.6 Å². The predicted octanol–water partition coefficient (Wildman–Crippen LogP) is 8.20. The number of carboxylic acids is 1. The number of rotatable bonds is 9. The summed E-state index contributed by atoms with van der Waals surface area (Å²) in [4.78, 5) is 37.4. The number of benzene rings is 2. The van der Waals surface area contributed by atoms with Gasteiger partial charge in [0.05, 0.1) is 28.0 Å². The molecule has 7 rings (SSSR count). The highest BCUT2D eigenvalue weighted by molar-refractivity contribution is 7.18. The van der Waals surface area contributed by atoms with Gasteiger partial charge in [-0.2, -0.15) is 0 Å². The van der Waals surface area contributed by atoms with Crippen LogP contribution >= 0.6 is 22.9 Å². The number of para-hydroxylation sites is 1. The van der Waals surface area contributed by atoms with E-state index in [1.54, 1.807) is 53.3 Å². The van der Waals surface area contributed by atoms with Crippen molar-refractivity contribution in [2.75, 3.05) is 19.7 Å². The van der Waals surface area contributed by atoms with E-state index in [0.717, 1.165) is 17.7 Å². The van der Waals surface area contributed by atoms with Gasteiger partial charge in [0.2, 0.25) is 0 Å². The molecule has 1 N–H and O–H groups in total. The van der Waals surface area contributed by atoms with Gasteiger partial charge < -0.3 is 14.6 Å². The third kappa shape index (κ3) is 7.39. The van der Waals surface area contributed by atoms with Crippen molar-refractivity contribution in [2.24, 2.45) is 0 Å². The van der Waals surface area contributed by atoms with E-state index in [0.29, 0.717) is 88.0 Å². The molecule has 1 fully saturated rings. The molecular formula is C38H36ClF3N4O5S. The van der Waals surface area contributed by atoms with Crippen molar-refractivity contribution in [3.8, 4) is 22.6 Å². The Kier molecular flexibility index (Phi) is 10.0. The highest BCUT2D eigenvalue weighted by Gasteiger charge is 2.35. The molecule has 0 saturated carbocycles. The number of fused-ring (bicyclic) bond motifs is 2. The van der Waals surface area contributed by atoms with E-state index in [4.69, 9.17) is 21.3 Å². The molecule has 2 aromatic carbocycles. The number of nitrogens with zero attached hydrogens (tertiary/aromatic N) is 4. The lowest BCUT2D eigenvalue weighted by molar-refractivity contribution is -0.275. The number of carboxylic acid groups (broad SMARTS) is 1.